The van der Waals surface area contributed by atoms with Gasteiger partial charge in [0.1, 0.15) is 0 Å². The Balaban J connectivity index is 1.09. The van der Waals surface area contributed by atoms with E-state index in [4.69, 9.17) is 15.0 Å². The second-order valence-corrected chi connectivity index (χ2v) is 16.5. The van der Waals surface area contributed by atoms with Crippen LogP contribution in [0.15, 0.2) is 188 Å². The Morgan fingerprint density at radius 2 is 1.03 bits per heavy atom. The molecule has 286 valence electrons. The maximum atomic E-state index is 5.24. The summed E-state index contributed by atoms with van der Waals surface area (Å²) in [6, 6.07) is 67.2. The molecule has 3 aromatic heterocycles. The van der Waals surface area contributed by atoms with Gasteiger partial charge in [-0.2, -0.15) is 0 Å². The number of fused-ring (bicyclic) bond motifs is 6. The summed E-state index contributed by atoms with van der Waals surface area (Å²) in [4.78, 5) is 15.5. The first-order valence-corrected chi connectivity index (χ1v) is 21.6. The van der Waals surface area contributed by atoms with Crippen molar-refractivity contribution >= 4 is 53.3 Å². The molecule has 0 amide bonds. The Morgan fingerprint density at radius 1 is 0.433 bits per heavy atom. The first-order chi connectivity index (χ1) is 29.7. The van der Waals surface area contributed by atoms with E-state index in [1.54, 1.807) is 0 Å². The summed E-state index contributed by atoms with van der Waals surface area (Å²) in [5.41, 5.74) is 12.3. The highest BCUT2D eigenvalue weighted by Crippen LogP contribution is 2.43. The molecule has 0 aliphatic carbocycles. The third kappa shape index (κ3) is 6.35. The summed E-state index contributed by atoms with van der Waals surface area (Å²) in [6.07, 6.45) is 3.53. The van der Waals surface area contributed by atoms with E-state index in [9.17, 15) is 0 Å². The summed E-state index contributed by atoms with van der Waals surface area (Å²) in [5.74, 6) is 1.89. The lowest BCUT2D eigenvalue weighted by Gasteiger charge is -2.15. The molecule has 0 unspecified atom stereocenters. The van der Waals surface area contributed by atoms with Crippen LogP contribution in [-0.2, 0) is 6.42 Å². The second kappa shape index (κ2) is 15.2. The minimum atomic E-state index is 0.622. The minimum Gasteiger partial charge on any atom is -0.308 e. The van der Waals surface area contributed by atoms with Gasteiger partial charge < -0.3 is 4.57 Å². The Labute approximate surface area is 353 Å². The van der Waals surface area contributed by atoms with Crippen molar-refractivity contribution in [2.75, 3.05) is 0 Å². The summed E-state index contributed by atoms with van der Waals surface area (Å²) in [7, 11) is 0. The molecule has 5 heteroatoms. The van der Waals surface area contributed by atoms with Gasteiger partial charge in [0.15, 0.2) is 17.5 Å². The van der Waals surface area contributed by atoms with Crippen molar-refractivity contribution in [3.8, 4) is 62.1 Å². The summed E-state index contributed by atoms with van der Waals surface area (Å²) in [5, 5.41) is 5.08. The zero-order chi connectivity index (χ0) is 40.0. The molecule has 0 spiro atoms. The average Bonchev–Trinajstić information content (AvgIpc) is 3.86. The number of hydrogen-bond acceptors (Lipinski definition) is 4. The van der Waals surface area contributed by atoms with Crippen molar-refractivity contribution in [1.82, 2.24) is 19.5 Å². The molecular formula is C55H40N4S. The molecule has 0 fully saturated rings. The van der Waals surface area contributed by atoms with Crippen molar-refractivity contribution in [2.24, 2.45) is 0 Å². The van der Waals surface area contributed by atoms with Crippen molar-refractivity contribution in [2.45, 2.75) is 26.2 Å². The van der Waals surface area contributed by atoms with E-state index in [0.717, 1.165) is 45.4 Å². The summed E-state index contributed by atoms with van der Waals surface area (Å²) < 4.78 is 5.06. The highest BCUT2D eigenvalue weighted by Gasteiger charge is 2.20. The van der Waals surface area contributed by atoms with Crippen LogP contribution in [0.25, 0.3) is 104 Å². The fraction of sp³-hybridized carbons (Fsp3) is 0.0727. The second-order valence-electron chi connectivity index (χ2n) is 15.4. The molecule has 60 heavy (non-hydrogen) atoms. The lowest BCUT2D eigenvalue weighted by Crippen LogP contribution is -2.03. The first-order valence-electron chi connectivity index (χ1n) is 20.7. The zero-order valence-electron chi connectivity index (χ0n) is 33.2. The monoisotopic (exact) mass is 788 g/mol. The molecule has 11 aromatic rings. The molecule has 11 rings (SSSR count). The molecule has 0 aliphatic heterocycles. The number of aryl methyl sites for hydroxylation is 1. The number of benzene rings is 8. The van der Waals surface area contributed by atoms with Gasteiger partial charge in [0.2, 0.25) is 0 Å². The van der Waals surface area contributed by atoms with Gasteiger partial charge in [-0.25, -0.2) is 15.0 Å². The van der Waals surface area contributed by atoms with E-state index in [1.807, 2.05) is 35.6 Å². The third-order valence-corrected chi connectivity index (χ3v) is 12.9. The average molecular weight is 789 g/mol. The lowest BCUT2D eigenvalue weighted by atomic mass is 10.00. The van der Waals surface area contributed by atoms with Crippen LogP contribution in [0.3, 0.4) is 0 Å². The van der Waals surface area contributed by atoms with Crippen molar-refractivity contribution in [3.63, 3.8) is 0 Å². The van der Waals surface area contributed by atoms with Gasteiger partial charge in [-0.3, -0.25) is 0 Å². The number of rotatable bonds is 9. The Hall–Kier alpha value is -7.21. The van der Waals surface area contributed by atoms with Crippen LogP contribution in [0.5, 0.6) is 0 Å². The quantitative estimate of drug-likeness (QED) is 0.146. The van der Waals surface area contributed by atoms with E-state index in [2.05, 4.69) is 175 Å². The number of thiophene rings is 1. The van der Waals surface area contributed by atoms with Gasteiger partial charge in [0.25, 0.3) is 0 Å². The van der Waals surface area contributed by atoms with Crippen LogP contribution < -0.4 is 0 Å². The van der Waals surface area contributed by atoms with Crippen molar-refractivity contribution < 1.29 is 0 Å². The molecule has 4 nitrogen and oxygen atoms in total. The number of hydrogen-bond donors (Lipinski definition) is 0. The van der Waals surface area contributed by atoms with Crippen molar-refractivity contribution in [3.05, 3.63) is 194 Å². The standard InChI is InChI=1S/C55H40N4S/c1-2-3-15-36-26-33-51-47(34-36)45-23-14-22-42(52(45)60-51)41-31-32-44-43-20-10-12-24-48(43)59(50(44)35-41)49-25-13-11-21-46(49)55-57-53(39-18-8-5-9-19-39)56-54(58-55)40-29-27-38(28-30-40)37-16-6-4-7-17-37/h4-14,16-35H,2-3,15H2,1H3. The molecule has 3 heterocycles. The van der Waals surface area contributed by atoms with Crippen LogP contribution in [0.1, 0.15) is 25.3 Å². The van der Waals surface area contributed by atoms with E-state index in [-0.39, 0.29) is 0 Å². The molecular weight excluding hydrogens is 749 g/mol. The van der Waals surface area contributed by atoms with Crippen LogP contribution in [-0.4, -0.2) is 19.5 Å². The van der Waals surface area contributed by atoms with Gasteiger partial charge in [0, 0.05) is 47.6 Å². The van der Waals surface area contributed by atoms with Crippen LogP contribution in [0, 0.1) is 0 Å². The van der Waals surface area contributed by atoms with Gasteiger partial charge in [-0.05, 0) is 77.1 Å². The molecule has 0 saturated heterocycles. The lowest BCUT2D eigenvalue weighted by molar-refractivity contribution is 0.796. The maximum absolute atomic E-state index is 5.24. The predicted octanol–water partition coefficient (Wildman–Crippen LogP) is 15.0. The Morgan fingerprint density at radius 3 is 1.83 bits per heavy atom. The number of para-hydroxylation sites is 2. The number of aromatic nitrogens is 4. The van der Waals surface area contributed by atoms with Crippen LogP contribution in [0.4, 0.5) is 0 Å². The van der Waals surface area contributed by atoms with E-state index in [1.165, 1.54) is 66.0 Å². The molecule has 0 bridgehead atoms. The normalized spacial score (nSPS) is 11.6. The van der Waals surface area contributed by atoms with Crippen LogP contribution in [0.2, 0.25) is 0 Å². The zero-order valence-corrected chi connectivity index (χ0v) is 34.0. The van der Waals surface area contributed by atoms with Gasteiger partial charge >= 0.3 is 0 Å². The van der Waals surface area contributed by atoms with E-state index >= 15 is 0 Å². The van der Waals surface area contributed by atoms with Crippen LogP contribution >= 0.6 is 11.3 Å². The first kappa shape index (κ1) is 35.9. The maximum Gasteiger partial charge on any atom is 0.166 e. The molecule has 0 aliphatic rings. The summed E-state index contributed by atoms with van der Waals surface area (Å²) in [6.45, 7) is 2.26. The molecule has 8 aromatic carbocycles. The molecule has 0 atom stereocenters. The Kier molecular flexibility index (Phi) is 9.09. The van der Waals surface area contributed by atoms with E-state index < -0.39 is 0 Å². The third-order valence-electron chi connectivity index (χ3n) is 11.7. The molecule has 0 N–H and O–H groups in total. The fourth-order valence-electron chi connectivity index (χ4n) is 8.65. The van der Waals surface area contributed by atoms with Gasteiger partial charge in [-0.15, -0.1) is 11.3 Å². The van der Waals surface area contributed by atoms with E-state index in [0.29, 0.717) is 17.5 Å². The summed E-state index contributed by atoms with van der Waals surface area (Å²) >= 11 is 1.90. The SMILES string of the molecule is CCCCc1ccc2sc3c(-c4ccc5c6ccccc6n(-c6ccccc6-c6nc(-c7ccccc7)nc(-c7ccc(-c8ccccc8)cc7)n6)c5c4)cccc3c2c1. The van der Waals surface area contributed by atoms with Gasteiger partial charge in [0.05, 0.1) is 16.7 Å². The van der Waals surface area contributed by atoms with Crippen molar-refractivity contribution in [1.29, 1.82) is 0 Å². The molecule has 0 radical (unpaired) electrons. The Bertz CT molecular complexity index is 3350. The minimum absolute atomic E-state index is 0.622. The van der Waals surface area contributed by atoms with Gasteiger partial charge in [-0.1, -0.05) is 165 Å². The number of nitrogens with zero attached hydrogens (tertiary/aromatic N) is 4. The smallest absolute Gasteiger partial charge is 0.166 e. The predicted molar refractivity (Wildman–Crippen MR) is 253 cm³/mol. The number of unbranched alkanes of at least 4 members (excludes halogenated alkanes) is 1. The molecule has 0 saturated carbocycles. The topological polar surface area (TPSA) is 43.6 Å². The fourth-order valence-corrected chi connectivity index (χ4v) is 9.87. The largest absolute Gasteiger partial charge is 0.308 e. The highest BCUT2D eigenvalue weighted by molar-refractivity contribution is 7.26. The highest BCUT2D eigenvalue weighted by atomic mass is 32.1.